The highest BCUT2D eigenvalue weighted by Gasteiger charge is 2.22. The summed E-state index contributed by atoms with van der Waals surface area (Å²) in [6.45, 7) is 4.47. The number of hydrogen-bond acceptors (Lipinski definition) is 2. The Morgan fingerprint density at radius 1 is 1.22 bits per heavy atom. The number of halogens is 2. The van der Waals surface area contributed by atoms with E-state index in [2.05, 4.69) is 19.2 Å². The Morgan fingerprint density at radius 3 is 2.44 bits per heavy atom. The van der Waals surface area contributed by atoms with E-state index in [4.69, 9.17) is 23.2 Å². The minimum absolute atomic E-state index is 0.276. The molecule has 1 aromatic heterocycles. The Bertz CT molecular complexity index is 385. The summed E-state index contributed by atoms with van der Waals surface area (Å²) in [4.78, 5) is 0. The zero-order chi connectivity index (χ0) is 13.1. The molecule has 0 spiro atoms. The quantitative estimate of drug-likeness (QED) is 0.755. The van der Waals surface area contributed by atoms with Crippen molar-refractivity contribution in [3.05, 3.63) is 20.3 Å². The monoisotopic (exact) mass is 305 g/mol. The molecule has 4 heteroatoms. The molecule has 1 fully saturated rings. The van der Waals surface area contributed by atoms with Crippen LogP contribution in [0.2, 0.25) is 8.67 Å². The molecule has 0 amide bonds. The van der Waals surface area contributed by atoms with Crippen molar-refractivity contribution in [2.24, 2.45) is 5.92 Å². The highest BCUT2D eigenvalue weighted by molar-refractivity contribution is 7.20. The molecular weight excluding hydrogens is 285 g/mol. The molecule has 1 aliphatic carbocycles. The lowest BCUT2D eigenvalue weighted by atomic mass is 9.84. The van der Waals surface area contributed by atoms with Gasteiger partial charge in [-0.2, -0.15) is 0 Å². The van der Waals surface area contributed by atoms with E-state index < -0.39 is 0 Å². The van der Waals surface area contributed by atoms with Crippen molar-refractivity contribution in [3.8, 4) is 0 Å². The van der Waals surface area contributed by atoms with Crippen LogP contribution in [0.15, 0.2) is 6.07 Å². The van der Waals surface area contributed by atoms with E-state index in [0.717, 1.165) is 20.2 Å². The predicted octanol–water partition coefficient (Wildman–Crippen LogP) is 5.67. The highest BCUT2D eigenvalue weighted by atomic mass is 35.5. The van der Waals surface area contributed by atoms with E-state index in [9.17, 15) is 0 Å². The SMILES string of the molecule is CC(N[C@H](C)C1CCCCC1)c1cc(Cl)sc1Cl. The summed E-state index contributed by atoms with van der Waals surface area (Å²) in [6.07, 6.45) is 6.90. The van der Waals surface area contributed by atoms with E-state index in [0.29, 0.717) is 6.04 Å². The fraction of sp³-hybridized carbons (Fsp3) is 0.714. The van der Waals surface area contributed by atoms with Gasteiger partial charge in [0, 0.05) is 12.1 Å². The Kier molecular flexibility index (Phi) is 5.37. The topological polar surface area (TPSA) is 12.0 Å². The van der Waals surface area contributed by atoms with E-state index >= 15 is 0 Å². The molecule has 1 saturated carbocycles. The average Bonchev–Trinajstić information content (AvgIpc) is 2.69. The summed E-state index contributed by atoms with van der Waals surface area (Å²) >= 11 is 13.7. The van der Waals surface area contributed by atoms with Gasteiger partial charge in [0.25, 0.3) is 0 Å². The molecule has 1 aromatic rings. The van der Waals surface area contributed by atoms with Crippen LogP contribution >= 0.6 is 34.5 Å². The van der Waals surface area contributed by atoms with E-state index in [1.165, 1.54) is 43.4 Å². The molecule has 2 atom stereocenters. The second-order valence-corrected chi connectivity index (χ2v) is 7.64. The molecule has 0 saturated heterocycles. The van der Waals surface area contributed by atoms with Crippen molar-refractivity contribution in [3.63, 3.8) is 0 Å². The average molecular weight is 306 g/mol. The third-order valence-electron chi connectivity index (χ3n) is 4.02. The molecule has 102 valence electrons. The third kappa shape index (κ3) is 3.63. The zero-order valence-electron chi connectivity index (χ0n) is 11.0. The summed E-state index contributed by atoms with van der Waals surface area (Å²) in [5.74, 6) is 0.814. The van der Waals surface area contributed by atoms with Gasteiger partial charge in [0.2, 0.25) is 0 Å². The number of thiophene rings is 1. The highest BCUT2D eigenvalue weighted by Crippen LogP contribution is 2.35. The summed E-state index contributed by atoms with van der Waals surface area (Å²) in [6, 6.07) is 2.81. The predicted molar refractivity (Wildman–Crippen MR) is 81.9 cm³/mol. The molecule has 0 radical (unpaired) electrons. The van der Waals surface area contributed by atoms with Crippen LogP contribution in [-0.4, -0.2) is 6.04 Å². The molecule has 18 heavy (non-hydrogen) atoms. The molecule has 1 unspecified atom stereocenters. The maximum absolute atomic E-state index is 6.20. The minimum atomic E-state index is 0.276. The van der Waals surface area contributed by atoms with Crippen molar-refractivity contribution in [1.82, 2.24) is 5.32 Å². The van der Waals surface area contributed by atoms with E-state index in [1.54, 1.807) is 0 Å². The van der Waals surface area contributed by atoms with Gasteiger partial charge in [-0.3, -0.25) is 0 Å². The van der Waals surface area contributed by atoms with Gasteiger partial charge in [0.05, 0.1) is 8.67 Å². The molecule has 0 bridgehead atoms. The van der Waals surface area contributed by atoms with Gasteiger partial charge in [0.1, 0.15) is 0 Å². The molecular formula is C14H21Cl2NS. The number of nitrogens with one attached hydrogen (secondary N) is 1. The van der Waals surface area contributed by atoms with Crippen LogP contribution in [0, 0.1) is 5.92 Å². The van der Waals surface area contributed by atoms with Gasteiger partial charge in [-0.15, -0.1) is 11.3 Å². The van der Waals surface area contributed by atoms with Crippen molar-refractivity contribution >= 4 is 34.5 Å². The first kappa shape index (κ1) is 14.6. The van der Waals surface area contributed by atoms with Gasteiger partial charge < -0.3 is 5.32 Å². The van der Waals surface area contributed by atoms with E-state index in [1.807, 2.05) is 6.07 Å². The normalized spacial score (nSPS) is 20.9. The second kappa shape index (κ2) is 6.60. The molecule has 0 aromatic carbocycles. The fourth-order valence-electron chi connectivity index (χ4n) is 2.90. The van der Waals surface area contributed by atoms with Crippen LogP contribution in [0.1, 0.15) is 57.6 Å². The van der Waals surface area contributed by atoms with Crippen LogP contribution in [0.25, 0.3) is 0 Å². The molecule has 2 rings (SSSR count). The zero-order valence-corrected chi connectivity index (χ0v) is 13.3. The standard InChI is InChI=1S/C14H21Cl2NS/c1-9(11-6-4-3-5-7-11)17-10(2)12-8-13(15)18-14(12)16/h8-11,17H,3-7H2,1-2H3/t9-,10?/m1/s1. The van der Waals surface area contributed by atoms with Gasteiger partial charge in [0.15, 0.2) is 0 Å². The van der Waals surface area contributed by atoms with Gasteiger partial charge >= 0.3 is 0 Å². The Balaban J connectivity index is 1.93. The molecule has 1 nitrogen and oxygen atoms in total. The van der Waals surface area contributed by atoms with Crippen molar-refractivity contribution in [2.45, 2.75) is 58.0 Å². The maximum Gasteiger partial charge on any atom is 0.0991 e. The van der Waals surface area contributed by atoms with Gasteiger partial charge in [-0.25, -0.2) is 0 Å². The second-order valence-electron chi connectivity index (χ2n) is 5.35. The van der Waals surface area contributed by atoms with Crippen molar-refractivity contribution in [2.75, 3.05) is 0 Å². The molecule has 1 N–H and O–H groups in total. The summed E-state index contributed by atoms with van der Waals surface area (Å²) in [5, 5.41) is 3.68. The van der Waals surface area contributed by atoms with Gasteiger partial charge in [-0.1, -0.05) is 42.5 Å². The van der Waals surface area contributed by atoms with Crippen LogP contribution < -0.4 is 5.32 Å². The van der Waals surface area contributed by atoms with Crippen LogP contribution in [0.3, 0.4) is 0 Å². The number of hydrogen-bond donors (Lipinski definition) is 1. The van der Waals surface area contributed by atoms with Crippen molar-refractivity contribution < 1.29 is 0 Å². The molecule has 1 heterocycles. The largest absolute Gasteiger partial charge is 0.307 e. The summed E-state index contributed by atoms with van der Waals surface area (Å²) < 4.78 is 1.59. The lowest BCUT2D eigenvalue weighted by molar-refractivity contribution is 0.268. The maximum atomic E-state index is 6.20. The first-order chi connectivity index (χ1) is 8.58. The first-order valence-corrected chi connectivity index (χ1v) is 8.36. The smallest absolute Gasteiger partial charge is 0.0991 e. The first-order valence-electron chi connectivity index (χ1n) is 6.78. The van der Waals surface area contributed by atoms with Crippen LogP contribution in [0.5, 0.6) is 0 Å². The van der Waals surface area contributed by atoms with Crippen LogP contribution in [-0.2, 0) is 0 Å². The molecule has 0 aliphatic heterocycles. The lowest BCUT2D eigenvalue weighted by Crippen LogP contribution is -2.36. The summed E-state index contributed by atoms with van der Waals surface area (Å²) in [5.41, 5.74) is 1.13. The third-order valence-corrected chi connectivity index (χ3v) is 5.54. The Hall–Kier alpha value is 0.240. The molecule has 1 aliphatic rings. The van der Waals surface area contributed by atoms with Crippen molar-refractivity contribution in [1.29, 1.82) is 0 Å². The Labute approximate surface area is 124 Å². The number of rotatable bonds is 4. The van der Waals surface area contributed by atoms with Crippen LogP contribution in [0.4, 0.5) is 0 Å². The van der Waals surface area contributed by atoms with E-state index in [-0.39, 0.29) is 6.04 Å². The van der Waals surface area contributed by atoms with Gasteiger partial charge in [-0.05, 0) is 44.2 Å². The lowest BCUT2D eigenvalue weighted by Gasteiger charge is -2.30. The minimum Gasteiger partial charge on any atom is -0.307 e. The summed E-state index contributed by atoms with van der Waals surface area (Å²) in [7, 11) is 0. The fourth-order valence-corrected chi connectivity index (χ4v) is 4.55. The Morgan fingerprint density at radius 2 is 1.89 bits per heavy atom.